The molecule has 0 aliphatic carbocycles. The smallest absolute Gasteiger partial charge is 0.319 e. The SMILES string of the molecule is CC(C)NC(=O)Nc1cccc(COCc2ccco2)c1. The summed E-state index contributed by atoms with van der Waals surface area (Å²) < 4.78 is 10.8. The third kappa shape index (κ3) is 5.31. The Balaban J connectivity index is 1.84. The zero-order chi connectivity index (χ0) is 15.1. The van der Waals surface area contributed by atoms with E-state index in [1.54, 1.807) is 6.26 Å². The molecule has 2 N–H and O–H groups in total. The van der Waals surface area contributed by atoms with Gasteiger partial charge in [-0.25, -0.2) is 4.79 Å². The van der Waals surface area contributed by atoms with Crippen molar-refractivity contribution in [2.75, 3.05) is 5.32 Å². The highest BCUT2D eigenvalue weighted by Crippen LogP contribution is 2.12. The van der Waals surface area contributed by atoms with Crippen LogP contribution in [0.1, 0.15) is 25.2 Å². The lowest BCUT2D eigenvalue weighted by Gasteiger charge is -2.11. The van der Waals surface area contributed by atoms with Crippen LogP contribution in [-0.4, -0.2) is 12.1 Å². The highest BCUT2D eigenvalue weighted by molar-refractivity contribution is 5.89. The second-order valence-electron chi connectivity index (χ2n) is 5.03. The van der Waals surface area contributed by atoms with E-state index < -0.39 is 0 Å². The molecule has 1 heterocycles. The van der Waals surface area contributed by atoms with Crippen molar-refractivity contribution in [3.63, 3.8) is 0 Å². The predicted molar refractivity (Wildman–Crippen MR) is 80.9 cm³/mol. The van der Waals surface area contributed by atoms with Crippen LogP contribution >= 0.6 is 0 Å². The summed E-state index contributed by atoms with van der Waals surface area (Å²) in [5, 5.41) is 5.57. The normalized spacial score (nSPS) is 10.6. The van der Waals surface area contributed by atoms with Gasteiger partial charge in [-0.2, -0.15) is 0 Å². The number of furan rings is 1. The van der Waals surface area contributed by atoms with Crippen molar-refractivity contribution in [2.45, 2.75) is 33.1 Å². The Labute approximate surface area is 124 Å². The Hall–Kier alpha value is -2.27. The van der Waals surface area contributed by atoms with E-state index in [4.69, 9.17) is 9.15 Å². The molecule has 2 amide bonds. The van der Waals surface area contributed by atoms with E-state index in [2.05, 4.69) is 10.6 Å². The maximum atomic E-state index is 11.6. The number of anilines is 1. The number of amides is 2. The largest absolute Gasteiger partial charge is 0.467 e. The Bertz CT molecular complexity index is 565. The summed E-state index contributed by atoms with van der Waals surface area (Å²) in [7, 11) is 0. The first-order valence-corrected chi connectivity index (χ1v) is 6.90. The topological polar surface area (TPSA) is 63.5 Å². The summed E-state index contributed by atoms with van der Waals surface area (Å²) in [5.74, 6) is 0.792. The van der Waals surface area contributed by atoms with E-state index in [0.29, 0.717) is 13.2 Å². The molecule has 5 heteroatoms. The van der Waals surface area contributed by atoms with Gasteiger partial charge in [0, 0.05) is 11.7 Å². The fraction of sp³-hybridized carbons (Fsp3) is 0.312. The Morgan fingerprint density at radius 2 is 2.10 bits per heavy atom. The van der Waals surface area contributed by atoms with Gasteiger partial charge in [-0.15, -0.1) is 0 Å². The number of carbonyl (C=O) groups excluding carboxylic acids is 1. The minimum absolute atomic E-state index is 0.102. The Morgan fingerprint density at radius 1 is 1.24 bits per heavy atom. The number of carbonyl (C=O) groups is 1. The van der Waals surface area contributed by atoms with E-state index >= 15 is 0 Å². The van der Waals surface area contributed by atoms with Crippen molar-refractivity contribution in [3.8, 4) is 0 Å². The lowest BCUT2D eigenvalue weighted by Crippen LogP contribution is -2.34. The number of urea groups is 1. The molecule has 1 aromatic heterocycles. The Kier molecular flexibility index (Phi) is 5.40. The average molecular weight is 288 g/mol. The summed E-state index contributed by atoms with van der Waals surface area (Å²) in [4.78, 5) is 11.6. The van der Waals surface area contributed by atoms with Crippen LogP contribution in [0.5, 0.6) is 0 Å². The second kappa shape index (κ2) is 7.50. The highest BCUT2D eigenvalue weighted by Gasteiger charge is 2.04. The van der Waals surface area contributed by atoms with Gasteiger partial charge < -0.3 is 19.8 Å². The molecule has 21 heavy (non-hydrogen) atoms. The van der Waals surface area contributed by atoms with Crippen LogP contribution in [0.4, 0.5) is 10.5 Å². The van der Waals surface area contributed by atoms with Gasteiger partial charge in [-0.1, -0.05) is 12.1 Å². The number of hydrogen-bond donors (Lipinski definition) is 2. The summed E-state index contributed by atoms with van der Waals surface area (Å²) >= 11 is 0. The van der Waals surface area contributed by atoms with E-state index in [-0.39, 0.29) is 12.1 Å². The fourth-order valence-corrected chi connectivity index (χ4v) is 1.83. The number of ether oxygens (including phenoxy) is 1. The van der Waals surface area contributed by atoms with E-state index in [1.165, 1.54) is 0 Å². The van der Waals surface area contributed by atoms with Crippen LogP contribution in [0.2, 0.25) is 0 Å². The minimum Gasteiger partial charge on any atom is -0.467 e. The predicted octanol–water partition coefficient (Wildman–Crippen LogP) is 3.53. The molecule has 0 atom stereocenters. The first-order valence-electron chi connectivity index (χ1n) is 6.90. The van der Waals surface area contributed by atoms with Gasteiger partial charge in [0.05, 0.1) is 12.9 Å². The molecule has 0 saturated heterocycles. The lowest BCUT2D eigenvalue weighted by molar-refractivity contribution is 0.0930. The molecule has 0 unspecified atom stereocenters. The maximum Gasteiger partial charge on any atom is 0.319 e. The van der Waals surface area contributed by atoms with Gasteiger partial charge in [0.15, 0.2) is 0 Å². The monoisotopic (exact) mass is 288 g/mol. The molecule has 2 aromatic rings. The fourth-order valence-electron chi connectivity index (χ4n) is 1.83. The van der Waals surface area contributed by atoms with Gasteiger partial charge in [0.1, 0.15) is 12.4 Å². The van der Waals surface area contributed by atoms with Gasteiger partial charge in [0.2, 0.25) is 0 Å². The van der Waals surface area contributed by atoms with Crippen LogP contribution in [0.3, 0.4) is 0 Å². The molecule has 0 aliphatic rings. The third-order valence-corrected chi connectivity index (χ3v) is 2.70. The summed E-state index contributed by atoms with van der Waals surface area (Å²) in [6.07, 6.45) is 1.62. The molecular formula is C16H20N2O3. The van der Waals surface area contributed by atoms with Gasteiger partial charge in [-0.3, -0.25) is 0 Å². The molecule has 2 rings (SSSR count). The van der Waals surface area contributed by atoms with Crippen molar-refractivity contribution in [2.24, 2.45) is 0 Å². The zero-order valence-electron chi connectivity index (χ0n) is 12.3. The molecule has 0 saturated carbocycles. The van der Waals surface area contributed by atoms with Crippen molar-refractivity contribution < 1.29 is 13.9 Å². The molecule has 0 fully saturated rings. The number of rotatable bonds is 6. The summed E-state index contributed by atoms with van der Waals surface area (Å²) in [6, 6.07) is 11.2. The number of hydrogen-bond acceptors (Lipinski definition) is 3. The van der Waals surface area contributed by atoms with Crippen LogP contribution in [0, 0.1) is 0 Å². The third-order valence-electron chi connectivity index (χ3n) is 2.70. The highest BCUT2D eigenvalue weighted by atomic mass is 16.5. The van der Waals surface area contributed by atoms with Crippen molar-refractivity contribution in [1.29, 1.82) is 0 Å². The summed E-state index contributed by atoms with van der Waals surface area (Å²) in [6.45, 7) is 4.72. The van der Waals surface area contributed by atoms with Crippen molar-refractivity contribution in [1.82, 2.24) is 5.32 Å². The van der Waals surface area contributed by atoms with E-state index in [9.17, 15) is 4.79 Å². The molecule has 1 aromatic carbocycles. The lowest BCUT2D eigenvalue weighted by atomic mass is 10.2. The van der Waals surface area contributed by atoms with Crippen molar-refractivity contribution in [3.05, 3.63) is 54.0 Å². The number of nitrogens with one attached hydrogen (secondary N) is 2. The Morgan fingerprint density at radius 3 is 2.81 bits per heavy atom. The molecule has 0 radical (unpaired) electrons. The number of benzene rings is 1. The first-order chi connectivity index (χ1) is 10.1. The quantitative estimate of drug-likeness (QED) is 0.854. The molecule has 0 spiro atoms. The average Bonchev–Trinajstić information content (AvgIpc) is 2.91. The summed E-state index contributed by atoms with van der Waals surface area (Å²) in [5.41, 5.74) is 1.73. The second-order valence-corrected chi connectivity index (χ2v) is 5.03. The molecule has 0 bridgehead atoms. The van der Waals surface area contributed by atoms with E-state index in [1.807, 2.05) is 50.2 Å². The molecule has 112 valence electrons. The standard InChI is InChI=1S/C16H20N2O3/c1-12(2)17-16(19)18-14-6-3-5-13(9-14)10-20-11-15-7-4-8-21-15/h3-9,12H,10-11H2,1-2H3,(H2,17,18,19). The van der Waals surface area contributed by atoms with Crippen molar-refractivity contribution >= 4 is 11.7 Å². The van der Waals surface area contributed by atoms with Crippen LogP contribution < -0.4 is 10.6 Å². The van der Waals surface area contributed by atoms with Crippen LogP contribution in [-0.2, 0) is 18.0 Å². The minimum atomic E-state index is -0.210. The zero-order valence-corrected chi connectivity index (χ0v) is 12.3. The molecule has 5 nitrogen and oxygen atoms in total. The molecule has 0 aliphatic heterocycles. The van der Waals surface area contributed by atoms with E-state index in [0.717, 1.165) is 17.0 Å². The first kappa shape index (κ1) is 15.1. The molecular weight excluding hydrogens is 268 g/mol. The van der Waals surface area contributed by atoms with Crippen LogP contribution in [0.25, 0.3) is 0 Å². The maximum absolute atomic E-state index is 11.6. The van der Waals surface area contributed by atoms with Crippen LogP contribution in [0.15, 0.2) is 47.1 Å². The van der Waals surface area contributed by atoms with Gasteiger partial charge in [-0.05, 0) is 43.7 Å². The van der Waals surface area contributed by atoms with Gasteiger partial charge in [0.25, 0.3) is 0 Å². The van der Waals surface area contributed by atoms with Gasteiger partial charge >= 0.3 is 6.03 Å².